The molecule has 0 radical (unpaired) electrons. The Morgan fingerprint density at radius 3 is 2.56 bits per heavy atom. The number of nitrogens with zero attached hydrogens (tertiary/aromatic N) is 4. The van der Waals surface area contributed by atoms with Crippen molar-refractivity contribution < 1.29 is 4.79 Å². The Balaban J connectivity index is 1.73. The Morgan fingerprint density at radius 1 is 1.12 bits per heavy atom. The molecule has 25 heavy (non-hydrogen) atoms. The van der Waals surface area contributed by atoms with Crippen LogP contribution in [0.15, 0.2) is 30.3 Å². The van der Waals surface area contributed by atoms with Crippen LogP contribution >= 0.6 is 11.3 Å². The van der Waals surface area contributed by atoms with Gasteiger partial charge >= 0.3 is 0 Å². The number of aryl methyl sites for hydroxylation is 2. The molecule has 0 aliphatic carbocycles. The van der Waals surface area contributed by atoms with Gasteiger partial charge in [-0.3, -0.25) is 4.79 Å². The van der Waals surface area contributed by atoms with Crippen LogP contribution in [0, 0.1) is 13.8 Å². The van der Waals surface area contributed by atoms with Crippen molar-refractivity contribution in [2.24, 2.45) is 0 Å². The first kappa shape index (κ1) is 16.3. The summed E-state index contributed by atoms with van der Waals surface area (Å²) in [4.78, 5) is 19.0. The minimum atomic E-state index is 0.144. The third-order valence-corrected chi connectivity index (χ3v) is 5.99. The van der Waals surface area contributed by atoms with Crippen LogP contribution in [0.2, 0.25) is 0 Å². The summed E-state index contributed by atoms with van der Waals surface area (Å²) >= 11 is 1.55. The van der Waals surface area contributed by atoms with Crippen LogP contribution in [-0.4, -0.2) is 58.7 Å². The molecule has 130 valence electrons. The summed E-state index contributed by atoms with van der Waals surface area (Å²) in [6.45, 7) is 7.56. The molecule has 1 aliphatic rings. The van der Waals surface area contributed by atoms with Crippen molar-refractivity contribution in [1.29, 1.82) is 0 Å². The number of aromatic nitrogens is 2. The van der Waals surface area contributed by atoms with E-state index < -0.39 is 0 Å². The highest BCUT2D eigenvalue weighted by atomic mass is 32.1. The Morgan fingerprint density at radius 2 is 1.84 bits per heavy atom. The number of piperazine rings is 1. The van der Waals surface area contributed by atoms with Crippen LogP contribution in [-0.2, 0) is 0 Å². The van der Waals surface area contributed by atoms with Crippen LogP contribution in [0.25, 0.3) is 15.9 Å². The van der Waals surface area contributed by atoms with E-state index in [2.05, 4.69) is 31.0 Å². The van der Waals surface area contributed by atoms with E-state index in [1.165, 1.54) is 5.56 Å². The van der Waals surface area contributed by atoms with Gasteiger partial charge < -0.3 is 9.80 Å². The average Bonchev–Trinajstić information content (AvgIpc) is 3.16. The summed E-state index contributed by atoms with van der Waals surface area (Å²) in [6, 6.07) is 10.2. The van der Waals surface area contributed by atoms with Crippen LogP contribution in [0.4, 0.5) is 0 Å². The van der Waals surface area contributed by atoms with Crippen molar-refractivity contribution in [3.63, 3.8) is 0 Å². The summed E-state index contributed by atoms with van der Waals surface area (Å²) in [5.74, 6) is 0.144. The third kappa shape index (κ3) is 2.85. The fraction of sp³-hybridized carbons (Fsp3) is 0.368. The monoisotopic (exact) mass is 354 g/mol. The van der Waals surface area contributed by atoms with E-state index in [0.717, 1.165) is 52.7 Å². The number of thiophene rings is 1. The lowest BCUT2D eigenvalue weighted by molar-refractivity contribution is 0.0669. The number of benzene rings is 1. The largest absolute Gasteiger partial charge is 0.335 e. The van der Waals surface area contributed by atoms with Crippen molar-refractivity contribution in [2.45, 2.75) is 13.8 Å². The Kier molecular flexibility index (Phi) is 4.09. The van der Waals surface area contributed by atoms with Crippen LogP contribution < -0.4 is 0 Å². The van der Waals surface area contributed by atoms with Gasteiger partial charge in [-0.05, 0) is 38.6 Å². The average molecular weight is 354 g/mol. The lowest BCUT2D eigenvalue weighted by atomic mass is 10.2. The first-order valence-electron chi connectivity index (χ1n) is 8.57. The van der Waals surface area contributed by atoms with Gasteiger partial charge in [0, 0.05) is 31.6 Å². The number of carbonyl (C=O) groups is 1. The maximum atomic E-state index is 12.9. The van der Waals surface area contributed by atoms with Gasteiger partial charge in [0.2, 0.25) is 0 Å². The SMILES string of the molecule is Cc1ccccc1-n1nc(C)c2cc(C(=O)N3CCN(C)CC3)sc21. The fourth-order valence-electron chi connectivity index (χ4n) is 3.28. The number of likely N-dealkylation sites (N-methyl/N-ethyl adjacent to an activating group) is 1. The standard InChI is InChI=1S/C19H22N4OS/c1-13-6-4-5-7-16(13)23-19-15(14(2)20-23)12-17(25-19)18(24)22-10-8-21(3)9-11-22/h4-7,12H,8-11H2,1-3H3. The molecular weight excluding hydrogens is 332 g/mol. The molecule has 0 saturated carbocycles. The molecule has 3 heterocycles. The zero-order valence-corrected chi connectivity index (χ0v) is 15.6. The van der Waals surface area contributed by atoms with E-state index in [1.54, 1.807) is 11.3 Å². The highest BCUT2D eigenvalue weighted by Gasteiger charge is 2.24. The van der Waals surface area contributed by atoms with Crippen LogP contribution in [0.5, 0.6) is 0 Å². The highest BCUT2D eigenvalue weighted by Crippen LogP contribution is 2.32. The summed E-state index contributed by atoms with van der Waals surface area (Å²) in [7, 11) is 2.10. The Hall–Kier alpha value is -2.18. The number of rotatable bonds is 2. The predicted molar refractivity (Wildman–Crippen MR) is 102 cm³/mol. The molecule has 6 heteroatoms. The Labute approximate surface area is 151 Å². The molecule has 0 spiro atoms. The number of amides is 1. The van der Waals surface area contributed by atoms with Gasteiger partial charge in [-0.1, -0.05) is 18.2 Å². The second kappa shape index (κ2) is 6.28. The third-order valence-electron chi connectivity index (χ3n) is 4.89. The zero-order valence-electron chi connectivity index (χ0n) is 14.8. The fourth-order valence-corrected chi connectivity index (χ4v) is 4.43. The molecule has 1 amide bonds. The van der Waals surface area contributed by atoms with Crippen molar-refractivity contribution >= 4 is 27.5 Å². The van der Waals surface area contributed by atoms with Crippen molar-refractivity contribution in [3.05, 3.63) is 46.5 Å². The second-order valence-corrected chi connectivity index (χ2v) is 7.74. The maximum Gasteiger partial charge on any atom is 0.264 e. The molecule has 5 nitrogen and oxygen atoms in total. The number of para-hydroxylation sites is 1. The van der Waals surface area contributed by atoms with Crippen molar-refractivity contribution in [2.75, 3.05) is 33.2 Å². The summed E-state index contributed by atoms with van der Waals surface area (Å²) < 4.78 is 1.98. The number of hydrogen-bond donors (Lipinski definition) is 0. The van der Waals surface area contributed by atoms with Crippen molar-refractivity contribution in [1.82, 2.24) is 19.6 Å². The summed E-state index contributed by atoms with van der Waals surface area (Å²) in [6.07, 6.45) is 0. The molecular formula is C19H22N4OS. The van der Waals surface area contributed by atoms with Crippen LogP contribution in [0.1, 0.15) is 20.9 Å². The van der Waals surface area contributed by atoms with Gasteiger partial charge in [0.25, 0.3) is 5.91 Å². The van der Waals surface area contributed by atoms with Crippen molar-refractivity contribution in [3.8, 4) is 5.69 Å². The van der Waals surface area contributed by atoms with Gasteiger partial charge in [0.05, 0.1) is 16.3 Å². The lowest BCUT2D eigenvalue weighted by Gasteiger charge is -2.32. The molecule has 0 unspecified atom stereocenters. The molecule has 1 fully saturated rings. The van der Waals surface area contributed by atoms with Gasteiger partial charge in [0.1, 0.15) is 4.83 Å². The minimum absolute atomic E-state index is 0.144. The summed E-state index contributed by atoms with van der Waals surface area (Å²) in [5, 5.41) is 5.77. The topological polar surface area (TPSA) is 41.4 Å². The first-order valence-corrected chi connectivity index (χ1v) is 9.39. The number of carbonyl (C=O) groups excluding carboxylic acids is 1. The zero-order chi connectivity index (χ0) is 17.6. The highest BCUT2D eigenvalue weighted by molar-refractivity contribution is 7.20. The van der Waals surface area contributed by atoms with Crippen LogP contribution in [0.3, 0.4) is 0 Å². The molecule has 1 aromatic carbocycles. The van der Waals surface area contributed by atoms with E-state index in [4.69, 9.17) is 5.10 Å². The molecule has 4 rings (SSSR count). The second-order valence-electron chi connectivity index (χ2n) is 6.71. The number of fused-ring (bicyclic) bond motifs is 1. The molecule has 0 N–H and O–H groups in total. The Bertz CT molecular complexity index is 934. The molecule has 2 aromatic heterocycles. The van der Waals surface area contributed by atoms with Gasteiger partial charge in [-0.2, -0.15) is 5.10 Å². The smallest absolute Gasteiger partial charge is 0.264 e. The maximum absolute atomic E-state index is 12.9. The molecule has 0 bridgehead atoms. The van der Waals surface area contributed by atoms with E-state index >= 15 is 0 Å². The van der Waals surface area contributed by atoms with Gasteiger partial charge in [-0.25, -0.2) is 4.68 Å². The molecule has 3 aromatic rings. The first-order chi connectivity index (χ1) is 12.0. The summed E-state index contributed by atoms with van der Waals surface area (Å²) in [5.41, 5.74) is 3.21. The van der Waals surface area contributed by atoms with E-state index in [0.29, 0.717) is 0 Å². The minimum Gasteiger partial charge on any atom is -0.335 e. The number of hydrogen-bond acceptors (Lipinski definition) is 4. The molecule has 1 aliphatic heterocycles. The predicted octanol–water partition coefficient (Wildman–Crippen LogP) is 3.09. The normalized spacial score (nSPS) is 15.9. The quantitative estimate of drug-likeness (QED) is 0.710. The lowest BCUT2D eigenvalue weighted by Crippen LogP contribution is -2.46. The molecule has 0 atom stereocenters. The van der Waals surface area contributed by atoms with E-state index in [1.807, 2.05) is 34.7 Å². The molecule has 1 saturated heterocycles. The van der Waals surface area contributed by atoms with Gasteiger partial charge in [0.15, 0.2) is 0 Å². The van der Waals surface area contributed by atoms with E-state index in [-0.39, 0.29) is 5.91 Å². The van der Waals surface area contributed by atoms with E-state index in [9.17, 15) is 4.79 Å². The van der Waals surface area contributed by atoms with Gasteiger partial charge in [-0.15, -0.1) is 11.3 Å².